The van der Waals surface area contributed by atoms with Crippen LogP contribution in [0, 0.1) is 0 Å². The lowest BCUT2D eigenvalue weighted by Gasteiger charge is -2.09. The van der Waals surface area contributed by atoms with Gasteiger partial charge < -0.3 is 15.4 Å². The monoisotopic (exact) mass is 416 g/mol. The third-order valence-electron chi connectivity index (χ3n) is 4.79. The second kappa shape index (κ2) is 11.6. The topological polar surface area (TPSA) is 67.4 Å². The van der Waals surface area contributed by atoms with Crippen LogP contribution in [0.5, 0.6) is 5.75 Å². The molecule has 0 atom stereocenters. The number of aryl methyl sites for hydroxylation is 1. The van der Waals surface area contributed by atoms with Crippen molar-refractivity contribution >= 4 is 23.2 Å². The molecule has 0 bridgehead atoms. The summed E-state index contributed by atoms with van der Waals surface area (Å²) >= 11 is 0. The predicted octanol–water partition coefficient (Wildman–Crippen LogP) is 5.69. The van der Waals surface area contributed by atoms with Crippen molar-refractivity contribution in [2.24, 2.45) is 0 Å². The minimum Gasteiger partial charge on any atom is -0.494 e. The molecule has 3 aromatic rings. The van der Waals surface area contributed by atoms with Crippen molar-refractivity contribution in [1.82, 2.24) is 0 Å². The third kappa shape index (κ3) is 7.30. The summed E-state index contributed by atoms with van der Waals surface area (Å²) in [6, 6.07) is 24.1. The molecule has 0 aliphatic carbocycles. The highest BCUT2D eigenvalue weighted by atomic mass is 16.5. The molecule has 5 heteroatoms. The van der Waals surface area contributed by atoms with E-state index in [1.54, 1.807) is 48.5 Å². The van der Waals surface area contributed by atoms with E-state index in [1.807, 2.05) is 30.3 Å². The Bertz CT molecular complexity index is 968. The first-order chi connectivity index (χ1) is 15.1. The van der Waals surface area contributed by atoms with Crippen LogP contribution in [0.4, 0.5) is 11.4 Å². The van der Waals surface area contributed by atoms with Crippen LogP contribution in [0.2, 0.25) is 0 Å². The Balaban J connectivity index is 1.47. The van der Waals surface area contributed by atoms with Gasteiger partial charge in [0.2, 0.25) is 5.91 Å². The van der Waals surface area contributed by atoms with Gasteiger partial charge in [0, 0.05) is 23.4 Å². The van der Waals surface area contributed by atoms with Crippen LogP contribution in [0.15, 0.2) is 78.9 Å². The number of hydrogen-bond acceptors (Lipinski definition) is 3. The molecule has 0 saturated carbocycles. The lowest BCUT2D eigenvalue weighted by atomic mass is 10.1. The third-order valence-corrected chi connectivity index (χ3v) is 4.79. The van der Waals surface area contributed by atoms with Gasteiger partial charge in [0.15, 0.2) is 0 Å². The van der Waals surface area contributed by atoms with E-state index >= 15 is 0 Å². The second-order valence-corrected chi connectivity index (χ2v) is 7.29. The predicted molar refractivity (Wildman–Crippen MR) is 125 cm³/mol. The first-order valence-electron chi connectivity index (χ1n) is 10.6. The summed E-state index contributed by atoms with van der Waals surface area (Å²) in [5.74, 6) is 0.527. The molecule has 2 amide bonds. The lowest BCUT2D eigenvalue weighted by molar-refractivity contribution is -0.116. The summed E-state index contributed by atoms with van der Waals surface area (Å²) < 4.78 is 5.62. The maximum atomic E-state index is 12.4. The molecule has 0 unspecified atom stereocenters. The minimum absolute atomic E-state index is 0.0399. The van der Waals surface area contributed by atoms with Crippen molar-refractivity contribution in [3.8, 4) is 5.75 Å². The molecule has 0 saturated heterocycles. The van der Waals surface area contributed by atoms with E-state index < -0.39 is 0 Å². The number of anilines is 2. The molecule has 0 aliphatic heterocycles. The van der Waals surface area contributed by atoms with Crippen LogP contribution < -0.4 is 15.4 Å². The van der Waals surface area contributed by atoms with Gasteiger partial charge in [0.25, 0.3) is 5.91 Å². The molecule has 3 aromatic carbocycles. The van der Waals surface area contributed by atoms with Crippen LogP contribution >= 0.6 is 0 Å². The Hall–Kier alpha value is -3.60. The van der Waals surface area contributed by atoms with E-state index in [4.69, 9.17) is 4.74 Å². The molecule has 0 aromatic heterocycles. The highest BCUT2D eigenvalue weighted by Crippen LogP contribution is 2.17. The Morgan fingerprint density at radius 1 is 0.806 bits per heavy atom. The van der Waals surface area contributed by atoms with Crippen LogP contribution in [0.1, 0.15) is 42.1 Å². The number of unbranched alkanes of at least 4 members (excludes halogenated alkanes) is 1. The van der Waals surface area contributed by atoms with Crippen LogP contribution in [-0.2, 0) is 11.2 Å². The van der Waals surface area contributed by atoms with Crippen molar-refractivity contribution in [3.63, 3.8) is 0 Å². The van der Waals surface area contributed by atoms with Gasteiger partial charge in [-0.2, -0.15) is 0 Å². The van der Waals surface area contributed by atoms with Crippen molar-refractivity contribution in [2.45, 2.75) is 32.6 Å². The number of hydrogen-bond donors (Lipinski definition) is 2. The lowest BCUT2D eigenvalue weighted by Crippen LogP contribution is -2.13. The average Bonchev–Trinajstić information content (AvgIpc) is 2.80. The molecule has 0 spiro atoms. The summed E-state index contributed by atoms with van der Waals surface area (Å²) in [6.45, 7) is 2.79. The second-order valence-electron chi connectivity index (χ2n) is 7.29. The maximum Gasteiger partial charge on any atom is 0.255 e. The van der Waals surface area contributed by atoms with E-state index in [0.717, 1.165) is 24.2 Å². The molecular weight excluding hydrogens is 388 g/mol. The summed E-state index contributed by atoms with van der Waals surface area (Å²) in [5.41, 5.74) is 3.05. The summed E-state index contributed by atoms with van der Waals surface area (Å²) in [7, 11) is 0. The Morgan fingerprint density at radius 3 is 2.10 bits per heavy atom. The average molecular weight is 417 g/mol. The van der Waals surface area contributed by atoms with E-state index in [2.05, 4.69) is 17.6 Å². The number of amides is 2. The number of nitrogens with one attached hydrogen (secondary N) is 2. The van der Waals surface area contributed by atoms with Crippen LogP contribution in [-0.4, -0.2) is 18.4 Å². The first kappa shape index (κ1) is 22.1. The molecule has 2 N–H and O–H groups in total. The van der Waals surface area contributed by atoms with Crippen molar-refractivity contribution in [2.75, 3.05) is 17.2 Å². The van der Waals surface area contributed by atoms with Crippen molar-refractivity contribution < 1.29 is 14.3 Å². The van der Waals surface area contributed by atoms with E-state index in [1.165, 1.54) is 0 Å². The summed E-state index contributed by atoms with van der Waals surface area (Å²) in [5, 5.41) is 5.75. The summed E-state index contributed by atoms with van der Waals surface area (Å²) in [4.78, 5) is 24.6. The standard InChI is InChI=1S/C26H28N2O3/c1-2-3-19-31-24-16-10-21(11-17-24)26(30)28-23-14-12-22(13-15-23)27-25(29)18-9-20-7-5-4-6-8-20/h4-8,10-17H,2-3,9,18-19H2,1H3,(H,27,29)(H,28,30). The van der Waals surface area contributed by atoms with Gasteiger partial charge in [0.05, 0.1) is 6.61 Å². The van der Waals surface area contributed by atoms with Crippen molar-refractivity contribution in [1.29, 1.82) is 0 Å². The first-order valence-corrected chi connectivity index (χ1v) is 10.6. The summed E-state index contributed by atoms with van der Waals surface area (Å²) in [6.07, 6.45) is 3.20. The van der Waals surface area contributed by atoms with Gasteiger partial charge in [-0.3, -0.25) is 9.59 Å². The zero-order valence-electron chi connectivity index (χ0n) is 17.8. The fourth-order valence-electron chi connectivity index (χ4n) is 3.00. The largest absolute Gasteiger partial charge is 0.494 e. The minimum atomic E-state index is -0.195. The smallest absolute Gasteiger partial charge is 0.255 e. The zero-order chi connectivity index (χ0) is 21.9. The van der Waals surface area contributed by atoms with Crippen LogP contribution in [0.25, 0.3) is 0 Å². The molecule has 5 nitrogen and oxygen atoms in total. The normalized spacial score (nSPS) is 10.4. The van der Waals surface area contributed by atoms with Gasteiger partial charge in [-0.05, 0) is 66.9 Å². The Kier molecular flexibility index (Phi) is 8.23. The number of benzene rings is 3. The molecule has 0 fully saturated rings. The van der Waals surface area contributed by atoms with Gasteiger partial charge in [-0.1, -0.05) is 43.7 Å². The zero-order valence-corrected chi connectivity index (χ0v) is 17.8. The van der Waals surface area contributed by atoms with E-state index in [0.29, 0.717) is 36.4 Å². The molecule has 160 valence electrons. The molecule has 31 heavy (non-hydrogen) atoms. The molecule has 0 heterocycles. The number of rotatable bonds is 10. The van der Waals surface area contributed by atoms with Gasteiger partial charge in [-0.15, -0.1) is 0 Å². The molecule has 0 aliphatic rings. The van der Waals surface area contributed by atoms with Gasteiger partial charge >= 0.3 is 0 Å². The van der Waals surface area contributed by atoms with E-state index in [-0.39, 0.29) is 11.8 Å². The van der Waals surface area contributed by atoms with Crippen LogP contribution in [0.3, 0.4) is 0 Å². The highest BCUT2D eigenvalue weighted by Gasteiger charge is 2.08. The number of ether oxygens (including phenoxy) is 1. The van der Waals surface area contributed by atoms with Crippen molar-refractivity contribution in [3.05, 3.63) is 90.0 Å². The number of carbonyl (C=O) groups excluding carboxylic acids is 2. The highest BCUT2D eigenvalue weighted by molar-refractivity contribution is 6.04. The molecule has 0 radical (unpaired) electrons. The van der Waals surface area contributed by atoms with Gasteiger partial charge in [0.1, 0.15) is 5.75 Å². The van der Waals surface area contributed by atoms with E-state index in [9.17, 15) is 9.59 Å². The number of carbonyl (C=O) groups is 2. The molecule has 3 rings (SSSR count). The maximum absolute atomic E-state index is 12.4. The fraction of sp³-hybridized carbons (Fsp3) is 0.231. The quantitative estimate of drug-likeness (QED) is 0.417. The van der Waals surface area contributed by atoms with Gasteiger partial charge in [-0.25, -0.2) is 0 Å². The Morgan fingerprint density at radius 2 is 1.45 bits per heavy atom. The SMILES string of the molecule is CCCCOc1ccc(C(=O)Nc2ccc(NC(=O)CCc3ccccc3)cc2)cc1. The molecular formula is C26H28N2O3. The fourth-order valence-corrected chi connectivity index (χ4v) is 3.00. The Labute approximate surface area is 183 Å².